The fraction of sp³-hybridized carbons (Fsp3) is 0.250. The van der Waals surface area contributed by atoms with Crippen LogP contribution in [0.25, 0.3) is 0 Å². The lowest BCUT2D eigenvalue weighted by atomic mass is 10.3. The molecular weight excluding hydrogens is 287 g/mol. The summed E-state index contributed by atoms with van der Waals surface area (Å²) in [5, 5.41) is 7.58. The van der Waals surface area contributed by atoms with E-state index in [4.69, 9.17) is 5.14 Å². The molecule has 3 N–H and O–H groups in total. The number of hydrogen-bond acceptors (Lipinski definition) is 3. The molecule has 0 amide bonds. The van der Waals surface area contributed by atoms with Crippen LogP contribution >= 0.6 is 15.9 Å². The van der Waals surface area contributed by atoms with Gasteiger partial charge in [0.05, 0.1) is 11.4 Å². The topological polar surface area (TPSA) is 72.2 Å². The van der Waals surface area contributed by atoms with Gasteiger partial charge in [-0.2, -0.15) is 0 Å². The highest BCUT2D eigenvalue weighted by Gasteiger charge is 2.04. The van der Waals surface area contributed by atoms with Gasteiger partial charge in [0.1, 0.15) is 5.82 Å². The molecule has 0 aliphatic carbocycles. The van der Waals surface area contributed by atoms with Crippen LogP contribution in [0.1, 0.15) is 0 Å². The maximum Gasteiger partial charge on any atom is 0.210 e. The van der Waals surface area contributed by atoms with Crippen molar-refractivity contribution in [3.63, 3.8) is 0 Å². The first-order chi connectivity index (χ1) is 6.88. The Bertz CT molecular complexity index is 450. The largest absolute Gasteiger partial charge is 0.383 e. The van der Waals surface area contributed by atoms with Crippen LogP contribution in [0, 0.1) is 5.82 Å². The van der Waals surface area contributed by atoms with E-state index in [1.54, 1.807) is 0 Å². The highest BCUT2D eigenvalue weighted by molar-refractivity contribution is 9.10. The number of nitrogens with one attached hydrogen (secondary N) is 1. The zero-order chi connectivity index (χ0) is 11.5. The minimum Gasteiger partial charge on any atom is -0.383 e. The predicted molar refractivity (Wildman–Crippen MR) is 60.6 cm³/mol. The smallest absolute Gasteiger partial charge is 0.210 e. The second-order valence-electron chi connectivity index (χ2n) is 2.92. The van der Waals surface area contributed by atoms with Gasteiger partial charge in [-0.3, -0.25) is 0 Å². The van der Waals surface area contributed by atoms with Gasteiger partial charge in [0.2, 0.25) is 10.0 Å². The summed E-state index contributed by atoms with van der Waals surface area (Å²) in [6, 6.07) is 4.11. The van der Waals surface area contributed by atoms with Crippen molar-refractivity contribution in [2.24, 2.45) is 5.14 Å². The van der Waals surface area contributed by atoms with Gasteiger partial charge < -0.3 is 5.32 Å². The first-order valence-corrected chi connectivity index (χ1v) is 6.59. The van der Waals surface area contributed by atoms with Crippen molar-refractivity contribution in [1.29, 1.82) is 0 Å². The van der Waals surface area contributed by atoms with E-state index >= 15 is 0 Å². The Morgan fingerprint density at radius 2 is 2.13 bits per heavy atom. The monoisotopic (exact) mass is 296 g/mol. The zero-order valence-electron chi connectivity index (χ0n) is 7.70. The molecule has 1 rings (SSSR count). The molecule has 0 aliphatic rings. The van der Waals surface area contributed by atoms with Crippen LogP contribution < -0.4 is 10.5 Å². The molecule has 84 valence electrons. The Labute approximate surface area is 95.8 Å². The van der Waals surface area contributed by atoms with Crippen molar-refractivity contribution in [2.45, 2.75) is 0 Å². The summed E-state index contributed by atoms with van der Waals surface area (Å²) in [4.78, 5) is 0. The highest BCUT2D eigenvalue weighted by Crippen LogP contribution is 2.22. The van der Waals surface area contributed by atoms with E-state index in [2.05, 4.69) is 21.2 Å². The molecule has 0 saturated carbocycles. The number of halogens is 2. The standard InChI is InChI=1S/C8H10BrFN2O2S/c9-7-2-1-6(10)5-8(7)12-3-4-15(11,13)14/h1-2,5,12H,3-4H2,(H2,11,13,14). The first-order valence-electron chi connectivity index (χ1n) is 4.08. The molecule has 4 nitrogen and oxygen atoms in total. The van der Waals surface area contributed by atoms with Gasteiger partial charge in [0, 0.05) is 11.0 Å². The minimum atomic E-state index is -3.49. The van der Waals surface area contributed by atoms with E-state index in [9.17, 15) is 12.8 Å². The maximum atomic E-state index is 12.8. The average Bonchev–Trinajstić information content (AvgIpc) is 2.09. The van der Waals surface area contributed by atoms with Crippen LogP contribution in [0.15, 0.2) is 22.7 Å². The van der Waals surface area contributed by atoms with E-state index in [-0.39, 0.29) is 12.3 Å². The molecule has 1 aromatic rings. The zero-order valence-corrected chi connectivity index (χ0v) is 10.1. The van der Waals surface area contributed by atoms with E-state index < -0.39 is 15.8 Å². The summed E-state index contributed by atoms with van der Waals surface area (Å²) in [6.45, 7) is 0.140. The van der Waals surface area contributed by atoms with Crippen molar-refractivity contribution in [1.82, 2.24) is 0 Å². The van der Waals surface area contributed by atoms with Gasteiger partial charge >= 0.3 is 0 Å². The Balaban J connectivity index is 2.61. The number of sulfonamides is 1. The molecule has 0 aliphatic heterocycles. The average molecular weight is 297 g/mol. The lowest BCUT2D eigenvalue weighted by molar-refractivity contribution is 0.598. The number of rotatable bonds is 4. The summed E-state index contributed by atoms with van der Waals surface area (Å²) < 4.78 is 34.7. The molecule has 1 aromatic carbocycles. The first kappa shape index (κ1) is 12.4. The normalized spacial score (nSPS) is 11.4. The molecule has 7 heteroatoms. The Kier molecular flexibility index (Phi) is 4.06. The summed E-state index contributed by atoms with van der Waals surface area (Å²) in [5.41, 5.74) is 0.499. The van der Waals surface area contributed by atoms with Crippen molar-refractivity contribution in [3.05, 3.63) is 28.5 Å². The van der Waals surface area contributed by atoms with Crippen molar-refractivity contribution < 1.29 is 12.8 Å². The molecule has 0 radical (unpaired) electrons. The van der Waals surface area contributed by atoms with Gasteiger partial charge in [-0.25, -0.2) is 17.9 Å². The number of anilines is 1. The number of hydrogen-bond donors (Lipinski definition) is 2. The number of benzene rings is 1. The molecule has 0 unspecified atom stereocenters. The second kappa shape index (κ2) is 4.91. The molecule has 0 saturated heterocycles. The highest BCUT2D eigenvalue weighted by atomic mass is 79.9. The molecular formula is C8H10BrFN2O2S. The Morgan fingerprint density at radius 1 is 1.47 bits per heavy atom. The number of primary sulfonamides is 1. The fourth-order valence-electron chi connectivity index (χ4n) is 0.961. The van der Waals surface area contributed by atoms with E-state index in [0.717, 1.165) is 0 Å². The van der Waals surface area contributed by atoms with Gasteiger partial charge in [-0.05, 0) is 34.1 Å². The van der Waals surface area contributed by atoms with Gasteiger partial charge in [-0.15, -0.1) is 0 Å². The predicted octanol–water partition coefficient (Wildman–Crippen LogP) is 1.29. The molecule has 0 spiro atoms. The molecule has 0 heterocycles. The molecule has 0 fully saturated rings. The third kappa shape index (κ3) is 4.59. The number of nitrogens with two attached hydrogens (primary N) is 1. The summed E-state index contributed by atoms with van der Waals surface area (Å²) in [5.74, 6) is -0.591. The molecule has 0 bridgehead atoms. The van der Waals surface area contributed by atoms with Crippen molar-refractivity contribution in [3.8, 4) is 0 Å². The third-order valence-corrected chi connectivity index (χ3v) is 3.10. The third-order valence-electron chi connectivity index (χ3n) is 1.63. The minimum absolute atomic E-state index is 0.140. The Hall–Kier alpha value is -0.660. The van der Waals surface area contributed by atoms with Crippen LogP contribution in [-0.4, -0.2) is 20.7 Å². The summed E-state index contributed by atoms with van der Waals surface area (Å²) >= 11 is 3.20. The lowest BCUT2D eigenvalue weighted by Crippen LogP contribution is -2.22. The molecule has 0 aromatic heterocycles. The van der Waals surface area contributed by atoms with Crippen molar-refractivity contribution >= 4 is 31.6 Å². The fourth-order valence-corrected chi connectivity index (χ4v) is 1.73. The van der Waals surface area contributed by atoms with Crippen LogP contribution in [0.2, 0.25) is 0 Å². The lowest BCUT2D eigenvalue weighted by Gasteiger charge is -2.07. The van der Waals surface area contributed by atoms with Crippen LogP contribution in [-0.2, 0) is 10.0 Å². The van der Waals surface area contributed by atoms with Gasteiger partial charge in [0.15, 0.2) is 0 Å². The van der Waals surface area contributed by atoms with Gasteiger partial charge in [0.25, 0.3) is 0 Å². The second-order valence-corrected chi connectivity index (χ2v) is 5.51. The molecule has 0 atom stereocenters. The van der Waals surface area contributed by atoms with Crippen LogP contribution in [0.3, 0.4) is 0 Å². The van der Waals surface area contributed by atoms with Crippen LogP contribution in [0.4, 0.5) is 10.1 Å². The van der Waals surface area contributed by atoms with E-state index in [1.165, 1.54) is 18.2 Å². The molecule has 15 heavy (non-hydrogen) atoms. The quantitative estimate of drug-likeness (QED) is 0.879. The van der Waals surface area contributed by atoms with Crippen LogP contribution in [0.5, 0.6) is 0 Å². The van der Waals surface area contributed by atoms with E-state index in [1.807, 2.05) is 0 Å². The maximum absolute atomic E-state index is 12.8. The van der Waals surface area contributed by atoms with Crippen molar-refractivity contribution in [2.75, 3.05) is 17.6 Å². The summed E-state index contributed by atoms with van der Waals surface area (Å²) in [7, 11) is -3.49. The SMILES string of the molecule is NS(=O)(=O)CCNc1cc(F)ccc1Br. The summed E-state index contributed by atoms with van der Waals surface area (Å²) in [6.07, 6.45) is 0. The Morgan fingerprint density at radius 3 is 2.73 bits per heavy atom. The van der Waals surface area contributed by atoms with E-state index in [0.29, 0.717) is 10.2 Å². The van der Waals surface area contributed by atoms with Gasteiger partial charge in [-0.1, -0.05) is 0 Å².